The average molecular weight is 196 g/mol. The van der Waals surface area contributed by atoms with Crippen molar-refractivity contribution in [2.45, 2.75) is 13.8 Å². The van der Waals surface area contributed by atoms with Crippen LogP contribution in [0, 0.1) is 0 Å². The summed E-state index contributed by atoms with van der Waals surface area (Å²) in [5.41, 5.74) is 1.45. The molecule has 0 bridgehead atoms. The molecule has 0 aromatic carbocycles. The first-order chi connectivity index (χ1) is 2.81. The van der Waals surface area contributed by atoms with Gasteiger partial charge < -0.3 is 0 Å². The van der Waals surface area contributed by atoms with Gasteiger partial charge in [0.25, 0.3) is 0 Å². The first-order valence-electron chi connectivity index (χ1n) is 1.99. The maximum Gasteiger partial charge on any atom is 0.0203 e. The van der Waals surface area contributed by atoms with Crippen molar-refractivity contribution < 1.29 is 0 Å². The summed E-state index contributed by atoms with van der Waals surface area (Å²) < 4.78 is 1.16. The van der Waals surface area contributed by atoms with E-state index in [0.717, 1.165) is 4.43 Å². The molecule has 1 heteroatoms. The zero-order valence-electron chi connectivity index (χ0n) is 4.16. The molecule has 0 aliphatic heterocycles. The molecule has 0 aromatic heterocycles. The highest BCUT2D eigenvalue weighted by Crippen LogP contribution is 1.95. The second kappa shape index (κ2) is 3.65. The zero-order chi connectivity index (χ0) is 4.99. The molecule has 0 amide bonds. The molecular formula is C5H9I. The summed E-state index contributed by atoms with van der Waals surface area (Å²) in [5.74, 6) is 0. The van der Waals surface area contributed by atoms with Crippen LogP contribution in [0.5, 0.6) is 0 Å². The van der Waals surface area contributed by atoms with E-state index in [1.54, 1.807) is 0 Å². The highest BCUT2D eigenvalue weighted by Gasteiger charge is 1.74. The van der Waals surface area contributed by atoms with E-state index in [1.807, 2.05) is 0 Å². The van der Waals surface area contributed by atoms with Gasteiger partial charge >= 0.3 is 0 Å². The number of alkyl halides is 1. The Morgan fingerprint density at radius 3 is 2.33 bits per heavy atom. The second-order valence-corrected chi connectivity index (χ2v) is 2.03. The van der Waals surface area contributed by atoms with E-state index in [1.165, 1.54) is 5.57 Å². The number of hydrogen-bond donors (Lipinski definition) is 0. The van der Waals surface area contributed by atoms with E-state index in [0.29, 0.717) is 0 Å². The Hall–Kier alpha value is 0.470. The summed E-state index contributed by atoms with van der Waals surface area (Å²) in [4.78, 5) is 0. The van der Waals surface area contributed by atoms with E-state index in [-0.39, 0.29) is 0 Å². The van der Waals surface area contributed by atoms with Crippen LogP contribution in [-0.4, -0.2) is 4.43 Å². The van der Waals surface area contributed by atoms with Crippen LogP contribution in [0.4, 0.5) is 0 Å². The second-order valence-electron chi connectivity index (χ2n) is 1.27. The number of hydrogen-bond acceptors (Lipinski definition) is 0. The van der Waals surface area contributed by atoms with Gasteiger partial charge in [0.2, 0.25) is 0 Å². The zero-order valence-corrected chi connectivity index (χ0v) is 6.32. The highest BCUT2D eigenvalue weighted by atomic mass is 127. The standard InChI is InChI=1S/C5H9I/c1-3-5(2)4-6/h3H,4H2,1-2H3/b5-3+. The van der Waals surface area contributed by atoms with Crippen molar-refractivity contribution in [1.29, 1.82) is 0 Å². The molecular weight excluding hydrogens is 187 g/mol. The summed E-state index contributed by atoms with van der Waals surface area (Å²) in [6.45, 7) is 4.19. The number of allylic oxidation sites excluding steroid dienone is 2. The summed E-state index contributed by atoms with van der Waals surface area (Å²) >= 11 is 2.35. The molecule has 0 saturated carbocycles. The van der Waals surface area contributed by atoms with Crippen molar-refractivity contribution >= 4 is 22.6 Å². The molecule has 0 unspecified atom stereocenters. The Morgan fingerprint density at radius 1 is 1.83 bits per heavy atom. The van der Waals surface area contributed by atoms with Crippen molar-refractivity contribution in [3.8, 4) is 0 Å². The maximum absolute atomic E-state index is 2.35. The fraction of sp³-hybridized carbons (Fsp3) is 0.600. The van der Waals surface area contributed by atoms with E-state index in [2.05, 4.69) is 42.5 Å². The molecule has 0 saturated heterocycles. The molecule has 36 valence electrons. The maximum atomic E-state index is 2.35. The van der Waals surface area contributed by atoms with Gasteiger partial charge in [0.15, 0.2) is 0 Å². The Morgan fingerprint density at radius 2 is 2.33 bits per heavy atom. The Bertz CT molecular complexity index is 55.0. The third kappa shape index (κ3) is 2.69. The van der Waals surface area contributed by atoms with Crippen LogP contribution in [0.3, 0.4) is 0 Å². The van der Waals surface area contributed by atoms with Crippen LogP contribution in [0.15, 0.2) is 11.6 Å². The molecule has 0 rings (SSSR count). The average Bonchev–Trinajstić information content (AvgIpc) is 1.65. The lowest BCUT2D eigenvalue weighted by Crippen LogP contribution is -1.69. The summed E-state index contributed by atoms with van der Waals surface area (Å²) in [7, 11) is 0. The van der Waals surface area contributed by atoms with Gasteiger partial charge in [-0.1, -0.05) is 34.2 Å². The lowest BCUT2D eigenvalue weighted by molar-refractivity contribution is 1.40. The smallest absolute Gasteiger partial charge is 0.0203 e. The quantitative estimate of drug-likeness (QED) is 0.343. The predicted octanol–water partition coefficient (Wildman–Crippen LogP) is 2.39. The first kappa shape index (κ1) is 6.47. The molecule has 6 heavy (non-hydrogen) atoms. The van der Waals surface area contributed by atoms with Crippen LogP contribution < -0.4 is 0 Å². The van der Waals surface area contributed by atoms with Gasteiger partial charge in [-0.3, -0.25) is 0 Å². The predicted molar refractivity (Wildman–Crippen MR) is 38.3 cm³/mol. The lowest BCUT2D eigenvalue weighted by Gasteiger charge is -1.83. The van der Waals surface area contributed by atoms with Gasteiger partial charge in [0.1, 0.15) is 0 Å². The minimum absolute atomic E-state index is 1.16. The first-order valence-corrected chi connectivity index (χ1v) is 3.51. The molecule has 0 aromatic rings. The molecule has 0 aliphatic carbocycles. The Labute approximate surface area is 52.8 Å². The summed E-state index contributed by atoms with van der Waals surface area (Å²) in [5, 5.41) is 0. The van der Waals surface area contributed by atoms with Crippen molar-refractivity contribution in [3.63, 3.8) is 0 Å². The summed E-state index contributed by atoms with van der Waals surface area (Å²) in [6, 6.07) is 0. The van der Waals surface area contributed by atoms with Crippen LogP contribution in [0.1, 0.15) is 13.8 Å². The van der Waals surface area contributed by atoms with Crippen molar-refractivity contribution in [2.75, 3.05) is 4.43 Å². The molecule has 0 fully saturated rings. The van der Waals surface area contributed by atoms with Gasteiger partial charge in [0, 0.05) is 4.43 Å². The fourth-order valence-corrected chi connectivity index (χ4v) is 0.518. The van der Waals surface area contributed by atoms with Crippen molar-refractivity contribution in [3.05, 3.63) is 11.6 Å². The van der Waals surface area contributed by atoms with E-state index in [9.17, 15) is 0 Å². The third-order valence-electron chi connectivity index (χ3n) is 0.704. The molecule has 0 aliphatic rings. The van der Waals surface area contributed by atoms with E-state index in [4.69, 9.17) is 0 Å². The van der Waals surface area contributed by atoms with E-state index < -0.39 is 0 Å². The minimum atomic E-state index is 1.16. The number of halogens is 1. The van der Waals surface area contributed by atoms with Gasteiger partial charge in [0.05, 0.1) is 0 Å². The molecule has 0 spiro atoms. The van der Waals surface area contributed by atoms with Crippen LogP contribution in [0.25, 0.3) is 0 Å². The van der Waals surface area contributed by atoms with Crippen LogP contribution >= 0.6 is 22.6 Å². The normalized spacial score (nSPS) is 12.2. The lowest BCUT2D eigenvalue weighted by atomic mass is 10.3. The van der Waals surface area contributed by atoms with E-state index >= 15 is 0 Å². The highest BCUT2D eigenvalue weighted by molar-refractivity contribution is 14.1. The summed E-state index contributed by atoms with van der Waals surface area (Å²) in [6.07, 6.45) is 2.13. The molecule has 0 heterocycles. The van der Waals surface area contributed by atoms with Gasteiger partial charge in [-0.05, 0) is 13.8 Å². The van der Waals surface area contributed by atoms with Crippen molar-refractivity contribution in [2.24, 2.45) is 0 Å². The van der Waals surface area contributed by atoms with Crippen LogP contribution in [0.2, 0.25) is 0 Å². The molecule has 0 atom stereocenters. The molecule has 0 radical (unpaired) electrons. The molecule has 0 nitrogen and oxygen atoms in total. The molecule has 0 N–H and O–H groups in total. The topological polar surface area (TPSA) is 0 Å². The van der Waals surface area contributed by atoms with Gasteiger partial charge in [-0.2, -0.15) is 0 Å². The van der Waals surface area contributed by atoms with Crippen molar-refractivity contribution in [1.82, 2.24) is 0 Å². The monoisotopic (exact) mass is 196 g/mol. The fourth-order valence-electron chi connectivity index (χ4n) is 0.0772. The SMILES string of the molecule is C/C=C(\C)CI. The Kier molecular flexibility index (Phi) is 3.94. The van der Waals surface area contributed by atoms with Gasteiger partial charge in [-0.25, -0.2) is 0 Å². The third-order valence-corrected chi connectivity index (χ3v) is 1.91. The largest absolute Gasteiger partial charge is 0.0880 e. The number of rotatable bonds is 1. The minimum Gasteiger partial charge on any atom is -0.0880 e. The van der Waals surface area contributed by atoms with Gasteiger partial charge in [-0.15, -0.1) is 0 Å². The Balaban J connectivity index is 3.22. The van der Waals surface area contributed by atoms with Crippen LogP contribution in [-0.2, 0) is 0 Å².